The van der Waals surface area contributed by atoms with Crippen LogP contribution in [0.5, 0.6) is 0 Å². The second-order valence-electron chi connectivity index (χ2n) is 5.33. The minimum Gasteiger partial charge on any atom is -0.259 e. The lowest BCUT2D eigenvalue weighted by Crippen LogP contribution is -2.30. The highest BCUT2D eigenvalue weighted by Crippen LogP contribution is 2.24. The zero-order chi connectivity index (χ0) is 17.7. The molecule has 1 heterocycles. The van der Waals surface area contributed by atoms with E-state index < -0.39 is 16.1 Å². The average molecular weight is 349 g/mol. The highest BCUT2D eigenvalue weighted by molar-refractivity contribution is 7.89. The Hall–Kier alpha value is -3.01. The van der Waals surface area contributed by atoms with Gasteiger partial charge in [0, 0.05) is 6.20 Å². The molecule has 0 amide bonds. The molecule has 0 spiro atoms. The molecular formula is C19H15N3O2S. The van der Waals surface area contributed by atoms with Crippen LogP contribution < -0.4 is 4.72 Å². The molecule has 0 unspecified atom stereocenters. The summed E-state index contributed by atoms with van der Waals surface area (Å²) in [5.41, 5.74) is 1.44. The van der Waals surface area contributed by atoms with Crippen LogP contribution in [-0.2, 0) is 10.0 Å². The molecule has 1 aromatic heterocycles. The van der Waals surface area contributed by atoms with Crippen LogP contribution in [0.4, 0.5) is 0 Å². The Labute approximate surface area is 146 Å². The van der Waals surface area contributed by atoms with E-state index >= 15 is 0 Å². The first-order valence-electron chi connectivity index (χ1n) is 7.59. The lowest BCUT2D eigenvalue weighted by atomic mass is 10.0. The van der Waals surface area contributed by atoms with Crippen molar-refractivity contribution in [3.8, 4) is 6.07 Å². The number of nitriles is 1. The summed E-state index contributed by atoms with van der Waals surface area (Å²) >= 11 is 0. The summed E-state index contributed by atoms with van der Waals surface area (Å²) in [5, 5.41) is 9.20. The molecule has 2 aromatic carbocycles. The number of pyridine rings is 1. The van der Waals surface area contributed by atoms with Crippen molar-refractivity contribution in [1.82, 2.24) is 9.71 Å². The van der Waals surface area contributed by atoms with Crippen molar-refractivity contribution < 1.29 is 8.42 Å². The Morgan fingerprint density at radius 2 is 1.60 bits per heavy atom. The smallest absolute Gasteiger partial charge is 0.242 e. The zero-order valence-electron chi connectivity index (χ0n) is 13.2. The quantitative estimate of drug-likeness (QED) is 0.767. The van der Waals surface area contributed by atoms with Gasteiger partial charge in [0.05, 0.1) is 22.2 Å². The number of benzene rings is 2. The Morgan fingerprint density at radius 1 is 0.920 bits per heavy atom. The molecule has 3 rings (SSSR count). The molecular weight excluding hydrogens is 334 g/mol. The molecule has 0 bridgehead atoms. The summed E-state index contributed by atoms with van der Waals surface area (Å²) in [5.74, 6) is 0. The van der Waals surface area contributed by atoms with Gasteiger partial charge in [-0.15, -0.1) is 0 Å². The lowest BCUT2D eigenvalue weighted by Gasteiger charge is -2.19. The monoisotopic (exact) mass is 349 g/mol. The number of hydrogen-bond donors (Lipinski definition) is 1. The number of rotatable bonds is 5. The Morgan fingerprint density at radius 3 is 2.28 bits per heavy atom. The molecule has 0 radical (unpaired) electrons. The van der Waals surface area contributed by atoms with Gasteiger partial charge in [0.25, 0.3) is 0 Å². The van der Waals surface area contributed by atoms with Crippen molar-refractivity contribution in [2.75, 3.05) is 0 Å². The fourth-order valence-electron chi connectivity index (χ4n) is 2.50. The minimum absolute atomic E-state index is 0.0469. The van der Waals surface area contributed by atoms with E-state index in [2.05, 4.69) is 9.71 Å². The van der Waals surface area contributed by atoms with Gasteiger partial charge in [-0.2, -0.15) is 9.98 Å². The van der Waals surface area contributed by atoms with Crippen molar-refractivity contribution in [3.05, 3.63) is 95.8 Å². The third-order valence-corrected chi connectivity index (χ3v) is 5.17. The van der Waals surface area contributed by atoms with Crippen LogP contribution in [0.15, 0.2) is 83.9 Å². The summed E-state index contributed by atoms with van der Waals surface area (Å²) in [4.78, 5) is 4.24. The van der Waals surface area contributed by atoms with Crippen molar-refractivity contribution in [1.29, 1.82) is 5.26 Å². The number of nitrogens with one attached hydrogen (secondary N) is 1. The van der Waals surface area contributed by atoms with E-state index in [0.29, 0.717) is 5.69 Å². The molecule has 124 valence electrons. The predicted octanol–water partition coefficient (Wildman–Crippen LogP) is 3.02. The zero-order valence-corrected chi connectivity index (χ0v) is 14.0. The largest absolute Gasteiger partial charge is 0.259 e. The van der Waals surface area contributed by atoms with E-state index in [1.165, 1.54) is 12.1 Å². The standard InChI is InChI=1S/C19H15N3O2S/c20-14-16-10-4-5-12-18(16)25(23,24)22-19(15-8-2-1-3-9-15)17-11-6-7-13-21-17/h1-13,19,22H/t19-/m1/s1. The van der Waals surface area contributed by atoms with Crippen molar-refractivity contribution in [3.63, 3.8) is 0 Å². The highest BCUT2D eigenvalue weighted by Gasteiger charge is 2.25. The van der Waals surface area contributed by atoms with Crippen LogP contribution in [0.1, 0.15) is 22.9 Å². The fraction of sp³-hybridized carbons (Fsp3) is 0.0526. The van der Waals surface area contributed by atoms with Crippen LogP contribution in [-0.4, -0.2) is 13.4 Å². The van der Waals surface area contributed by atoms with Gasteiger partial charge in [0.2, 0.25) is 10.0 Å². The third kappa shape index (κ3) is 3.74. The van der Waals surface area contributed by atoms with Crippen molar-refractivity contribution in [2.45, 2.75) is 10.9 Å². The van der Waals surface area contributed by atoms with E-state index in [1.807, 2.05) is 36.4 Å². The third-order valence-electron chi connectivity index (χ3n) is 3.69. The van der Waals surface area contributed by atoms with Crippen LogP contribution in [0.3, 0.4) is 0 Å². The van der Waals surface area contributed by atoms with Crippen LogP contribution in [0.25, 0.3) is 0 Å². The number of nitrogens with zero attached hydrogens (tertiary/aromatic N) is 2. The van der Waals surface area contributed by atoms with Crippen molar-refractivity contribution >= 4 is 10.0 Å². The SMILES string of the molecule is N#Cc1ccccc1S(=O)(=O)N[C@H](c1ccccc1)c1ccccn1. The lowest BCUT2D eigenvalue weighted by molar-refractivity contribution is 0.570. The maximum atomic E-state index is 12.9. The molecule has 1 atom stereocenters. The average Bonchev–Trinajstić information content (AvgIpc) is 2.67. The summed E-state index contributed by atoms with van der Waals surface area (Å²) in [6.07, 6.45) is 1.61. The molecule has 1 N–H and O–H groups in total. The van der Waals surface area contributed by atoms with E-state index in [4.69, 9.17) is 0 Å². The topological polar surface area (TPSA) is 82.8 Å². The van der Waals surface area contributed by atoms with E-state index in [0.717, 1.165) is 5.56 Å². The summed E-state index contributed by atoms with van der Waals surface area (Å²) in [7, 11) is -3.91. The Balaban J connectivity index is 2.05. The van der Waals surface area contributed by atoms with Gasteiger partial charge in [-0.05, 0) is 29.8 Å². The first-order chi connectivity index (χ1) is 12.1. The molecule has 0 saturated carbocycles. The number of hydrogen-bond acceptors (Lipinski definition) is 4. The van der Waals surface area contributed by atoms with Crippen LogP contribution in [0, 0.1) is 11.3 Å². The molecule has 6 heteroatoms. The summed E-state index contributed by atoms with van der Waals surface area (Å²) < 4.78 is 28.4. The second-order valence-corrected chi connectivity index (χ2v) is 7.01. The molecule has 0 saturated heterocycles. The Kier molecular flexibility index (Phi) is 4.89. The first kappa shape index (κ1) is 16.8. The van der Waals surface area contributed by atoms with Gasteiger partial charge in [-0.25, -0.2) is 8.42 Å². The van der Waals surface area contributed by atoms with Crippen molar-refractivity contribution in [2.24, 2.45) is 0 Å². The maximum Gasteiger partial charge on any atom is 0.242 e. The molecule has 0 aliphatic heterocycles. The minimum atomic E-state index is -3.91. The van der Waals surface area contributed by atoms with Gasteiger partial charge in [0.1, 0.15) is 6.07 Å². The molecule has 0 fully saturated rings. The van der Waals surface area contributed by atoms with Gasteiger partial charge in [0.15, 0.2) is 0 Å². The molecule has 25 heavy (non-hydrogen) atoms. The number of aromatic nitrogens is 1. The first-order valence-corrected chi connectivity index (χ1v) is 9.07. The van der Waals surface area contributed by atoms with E-state index in [9.17, 15) is 13.7 Å². The predicted molar refractivity (Wildman–Crippen MR) is 94.0 cm³/mol. The van der Waals surface area contributed by atoms with Gasteiger partial charge in [-0.1, -0.05) is 48.5 Å². The molecule has 0 aliphatic carbocycles. The van der Waals surface area contributed by atoms with Gasteiger partial charge >= 0.3 is 0 Å². The summed E-state index contributed by atoms with van der Waals surface area (Å²) in [6, 6.07) is 21.9. The van der Waals surface area contributed by atoms with E-state index in [-0.39, 0.29) is 10.5 Å². The normalized spacial score (nSPS) is 12.3. The van der Waals surface area contributed by atoms with E-state index in [1.54, 1.807) is 36.5 Å². The summed E-state index contributed by atoms with van der Waals surface area (Å²) in [6.45, 7) is 0. The fourth-order valence-corrected chi connectivity index (χ4v) is 3.86. The molecule has 3 aromatic rings. The van der Waals surface area contributed by atoms with Gasteiger partial charge in [-0.3, -0.25) is 4.98 Å². The number of sulfonamides is 1. The molecule has 5 nitrogen and oxygen atoms in total. The Bertz CT molecular complexity index is 958. The van der Waals surface area contributed by atoms with Gasteiger partial charge < -0.3 is 0 Å². The maximum absolute atomic E-state index is 12.9. The van der Waals surface area contributed by atoms with Crippen LogP contribution in [0.2, 0.25) is 0 Å². The second kappa shape index (κ2) is 7.26. The highest BCUT2D eigenvalue weighted by atomic mass is 32.2. The molecule has 0 aliphatic rings. The van der Waals surface area contributed by atoms with Crippen LogP contribution >= 0.6 is 0 Å².